The van der Waals surface area contributed by atoms with Crippen molar-refractivity contribution in [1.29, 1.82) is 0 Å². The van der Waals surface area contributed by atoms with Crippen molar-refractivity contribution in [2.75, 3.05) is 41.0 Å². The van der Waals surface area contributed by atoms with E-state index in [4.69, 9.17) is 30.5 Å². The van der Waals surface area contributed by atoms with Gasteiger partial charge in [0.05, 0.1) is 34.4 Å². The van der Waals surface area contributed by atoms with Crippen LogP contribution in [-0.2, 0) is 6.54 Å². The summed E-state index contributed by atoms with van der Waals surface area (Å²) in [4.78, 5) is 4.62. The fraction of sp³-hybridized carbons (Fsp3) is 0.381. The van der Waals surface area contributed by atoms with Crippen LogP contribution in [0.25, 0.3) is 0 Å². The number of hydrogen-bond donors (Lipinski definition) is 2. The molecule has 0 radical (unpaired) electrons. The van der Waals surface area contributed by atoms with Crippen LogP contribution in [0.5, 0.6) is 23.0 Å². The normalized spacial score (nSPS) is 11.0. The molecule has 7 nitrogen and oxygen atoms in total. The lowest BCUT2D eigenvalue weighted by molar-refractivity contribution is 0.322. The molecule has 0 fully saturated rings. The number of hydrogen-bond acceptors (Lipinski definition) is 5. The van der Waals surface area contributed by atoms with Gasteiger partial charge in [-0.15, -0.1) is 0 Å². The van der Waals surface area contributed by atoms with E-state index in [-0.39, 0.29) is 0 Å². The van der Waals surface area contributed by atoms with Crippen LogP contribution in [0.2, 0.25) is 5.02 Å². The highest BCUT2D eigenvalue weighted by molar-refractivity contribution is 6.30. The summed E-state index contributed by atoms with van der Waals surface area (Å²) in [5, 5.41) is 7.15. The minimum Gasteiger partial charge on any atom is -0.493 e. The van der Waals surface area contributed by atoms with Crippen LogP contribution in [0.15, 0.2) is 41.4 Å². The largest absolute Gasteiger partial charge is 0.493 e. The fourth-order valence-electron chi connectivity index (χ4n) is 2.61. The molecule has 0 aliphatic carbocycles. The van der Waals surface area contributed by atoms with Gasteiger partial charge in [-0.2, -0.15) is 0 Å². The predicted octanol–water partition coefficient (Wildman–Crippen LogP) is 3.50. The van der Waals surface area contributed by atoms with Crippen molar-refractivity contribution < 1.29 is 18.9 Å². The molecule has 0 aliphatic rings. The first kappa shape index (κ1) is 22.5. The second kappa shape index (κ2) is 11.9. The molecule has 2 aromatic rings. The third-order valence-corrected chi connectivity index (χ3v) is 4.22. The summed E-state index contributed by atoms with van der Waals surface area (Å²) in [6.45, 7) is 4.31. The molecule has 2 aromatic carbocycles. The van der Waals surface area contributed by atoms with Gasteiger partial charge in [0, 0.05) is 11.6 Å². The molecule has 0 aliphatic heterocycles. The van der Waals surface area contributed by atoms with E-state index < -0.39 is 0 Å². The number of halogens is 1. The molecule has 0 unspecified atom stereocenters. The van der Waals surface area contributed by atoms with Crippen LogP contribution >= 0.6 is 11.6 Å². The molecule has 0 atom stereocenters. The second-order valence-corrected chi connectivity index (χ2v) is 6.39. The predicted molar refractivity (Wildman–Crippen MR) is 116 cm³/mol. The minimum absolute atomic E-state index is 0.449. The number of methoxy groups -OCH3 is 3. The summed E-state index contributed by atoms with van der Waals surface area (Å²) in [6, 6.07) is 11.1. The average Bonchev–Trinajstić information content (AvgIpc) is 2.75. The summed E-state index contributed by atoms with van der Waals surface area (Å²) in [5.74, 6) is 3.24. The molecule has 2 rings (SSSR count). The Morgan fingerprint density at radius 2 is 1.62 bits per heavy atom. The van der Waals surface area contributed by atoms with E-state index in [9.17, 15) is 0 Å². The first-order chi connectivity index (χ1) is 14.1. The molecule has 158 valence electrons. The topological polar surface area (TPSA) is 73.3 Å². The van der Waals surface area contributed by atoms with Gasteiger partial charge in [-0.25, -0.2) is 4.99 Å². The van der Waals surface area contributed by atoms with Crippen molar-refractivity contribution in [2.24, 2.45) is 4.99 Å². The van der Waals surface area contributed by atoms with Crippen LogP contribution in [0.3, 0.4) is 0 Å². The zero-order valence-corrected chi connectivity index (χ0v) is 18.0. The van der Waals surface area contributed by atoms with Crippen LogP contribution in [0.4, 0.5) is 0 Å². The van der Waals surface area contributed by atoms with Crippen LogP contribution in [0.1, 0.15) is 12.5 Å². The van der Waals surface area contributed by atoms with Crippen LogP contribution in [-0.4, -0.2) is 47.0 Å². The Hall–Kier alpha value is -2.80. The molecular formula is C21H28ClN3O4. The number of rotatable bonds is 10. The zero-order chi connectivity index (χ0) is 21.1. The number of ether oxygens (including phenoxy) is 4. The van der Waals surface area contributed by atoms with Crippen molar-refractivity contribution in [2.45, 2.75) is 13.5 Å². The monoisotopic (exact) mass is 421 g/mol. The molecule has 2 N–H and O–H groups in total. The van der Waals surface area contributed by atoms with Gasteiger partial charge in [0.1, 0.15) is 12.4 Å². The first-order valence-corrected chi connectivity index (χ1v) is 9.68. The van der Waals surface area contributed by atoms with Crippen molar-refractivity contribution in [3.63, 3.8) is 0 Å². The Morgan fingerprint density at radius 3 is 2.17 bits per heavy atom. The van der Waals surface area contributed by atoms with E-state index >= 15 is 0 Å². The van der Waals surface area contributed by atoms with Gasteiger partial charge < -0.3 is 29.6 Å². The molecule has 29 heavy (non-hydrogen) atoms. The van der Waals surface area contributed by atoms with Gasteiger partial charge in [0.2, 0.25) is 5.75 Å². The van der Waals surface area contributed by atoms with E-state index in [1.165, 1.54) is 0 Å². The van der Waals surface area contributed by atoms with Gasteiger partial charge in [-0.05, 0) is 48.9 Å². The molecule has 0 bridgehead atoms. The first-order valence-electron chi connectivity index (χ1n) is 9.30. The maximum absolute atomic E-state index is 5.87. The van der Waals surface area contributed by atoms with Crippen LogP contribution < -0.4 is 29.6 Å². The van der Waals surface area contributed by atoms with Gasteiger partial charge in [0.25, 0.3) is 0 Å². The molecule has 0 saturated heterocycles. The third-order valence-electron chi connectivity index (χ3n) is 3.97. The van der Waals surface area contributed by atoms with E-state index in [0.29, 0.717) is 47.9 Å². The van der Waals surface area contributed by atoms with Gasteiger partial charge in [0.15, 0.2) is 17.5 Å². The minimum atomic E-state index is 0.449. The van der Waals surface area contributed by atoms with E-state index in [2.05, 4.69) is 15.6 Å². The maximum atomic E-state index is 5.87. The Labute approximate surface area is 177 Å². The average molecular weight is 422 g/mol. The smallest absolute Gasteiger partial charge is 0.203 e. The highest BCUT2D eigenvalue weighted by Gasteiger charge is 2.13. The second-order valence-electron chi connectivity index (χ2n) is 5.96. The number of benzene rings is 2. The summed E-state index contributed by atoms with van der Waals surface area (Å²) in [6.07, 6.45) is 0. The number of aliphatic imine (C=N–C) groups is 1. The summed E-state index contributed by atoms with van der Waals surface area (Å²) < 4.78 is 21.8. The lowest BCUT2D eigenvalue weighted by Crippen LogP contribution is -2.39. The Morgan fingerprint density at radius 1 is 0.966 bits per heavy atom. The van der Waals surface area contributed by atoms with Crippen molar-refractivity contribution in [1.82, 2.24) is 10.6 Å². The van der Waals surface area contributed by atoms with E-state index in [0.717, 1.165) is 17.9 Å². The summed E-state index contributed by atoms with van der Waals surface area (Å²) in [7, 11) is 4.77. The SMILES string of the molecule is CCNC(=NCc1cc(OC)c(OC)c(OC)c1)NCCOc1ccc(Cl)cc1. The molecule has 0 heterocycles. The third kappa shape index (κ3) is 6.94. The lowest BCUT2D eigenvalue weighted by atomic mass is 10.2. The number of nitrogens with zero attached hydrogens (tertiary/aromatic N) is 1. The Balaban J connectivity index is 1.96. The highest BCUT2D eigenvalue weighted by Crippen LogP contribution is 2.38. The quantitative estimate of drug-likeness (QED) is 0.347. The van der Waals surface area contributed by atoms with E-state index in [1.54, 1.807) is 33.5 Å². The summed E-state index contributed by atoms with van der Waals surface area (Å²) in [5.41, 5.74) is 0.939. The van der Waals surface area contributed by atoms with E-state index in [1.807, 2.05) is 31.2 Å². The van der Waals surface area contributed by atoms with Crippen molar-refractivity contribution >= 4 is 17.6 Å². The lowest BCUT2D eigenvalue weighted by Gasteiger charge is -2.14. The fourth-order valence-corrected chi connectivity index (χ4v) is 2.73. The zero-order valence-electron chi connectivity index (χ0n) is 17.3. The maximum Gasteiger partial charge on any atom is 0.203 e. The van der Waals surface area contributed by atoms with Gasteiger partial charge >= 0.3 is 0 Å². The molecule has 0 aromatic heterocycles. The van der Waals surface area contributed by atoms with Crippen molar-refractivity contribution in [3.8, 4) is 23.0 Å². The molecular weight excluding hydrogens is 394 g/mol. The molecule has 0 amide bonds. The number of nitrogens with one attached hydrogen (secondary N) is 2. The highest BCUT2D eigenvalue weighted by atomic mass is 35.5. The molecule has 8 heteroatoms. The summed E-state index contributed by atoms with van der Waals surface area (Å²) >= 11 is 5.87. The Bertz CT molecular complexity index is 772. The molecule has 0 saturated carbocycles. The number of guanidine groups is 1. The van der Waals surface area contributed by atoms with Gasteiger partial charge in [-0.3, -0.25) is 0 Å². The standard InChI is InChI=1S/C21H28ClN3O4/c1-5-23-21(24-10-11-29-17-8-6-16(22)7-9-17)25-14-15-12-18(26-2)20(28-4)19(13-15)27-3/h6-9,12-13H,5,10-11,14H2,1-4H3,(H2,23,24,25). The molecule has 0 spiro atoms. The van der Waals surface area contributed by atoms with Crippen molar-refractivity contribution in [3.05, 3.63) is 47.0 Å². The van der Waals surface area contributed by atoms with Crippen LogP contribution in [0, 0.1) is 0 Å². The Kier molecular flexibility index (Phi) is 9.24. The van der Waals surface area contributed by atoms with Gasteiger partial charge in [-0.1, -0.05) is 11.6 Å².